The predicted molar refractivity (Wildman–Crippen MR) is 78.3 cm³/mol. The lowest BCUT2D eigenvalue weighted by molar-refractivity contribution is -0.385. The highest BCUT2D eigenvalue weighted by molar-refractivity contribution is 5.94. The first-order valence-electron chi connectivity index (χ1n) is 7.35. The van der Waals surface area contributed by atoms with Crippen molar-refractivity contribution in [1.29, 1.82) is 0 Å². The average molecular weight is 289 g/mol. The fourth-order valence-corrected chi connectivity index (χ4v) is 3.30. The van der Waals surface area contributed by atoms with Gasteiger partial charge in [0.15, 0.2) is 0 Å². The molecule has 0 saturated carbocycles. The molecule has 6 nitrogen and oxygen atoms in total. The Morgan fingerprint density at radius 3 is 2.81 bits per heavy atom. The van der Waals surface area contributed by atoms with E-state index in [0.717, 1.165) is 25.9 Å². The van der Waals surface area contributed by atoms with Crippen molar-refractivity contribution in [2.45, 2.75) is 38.3 Å². The number of hydrogen-bond donors (Lipinski definition) is 1. The number of benzene rings is 1. The number of hydrogen-bond acceptors (Lipinski definition) is 4. The molecule has 2 bridgehead atoms. The van der Waals surface area contributed by atoms with Crippen LogP contribution in [0.5, 0.6) is 0 Å². The Morgan fingerprint density at radius 1 is 1.33 bits per heavy atom. The summed E-state index contributed by atoms with van der Waals surface area (Å²) in [5.41, 5.74) is 1.12. The van der Waals surface area contributed by atoms with Gasteiger partial charge in [-0.1, -0.05) is 0 Å². The first-order chi connectivity index (χ1) is 10.0. The summed E-state index contributed by atoms with van der Waals surface area (Å²) < 4.78 is 0. The zero-order valence-electron chi connectivity index (χ0n) is 12.0. The number of carbonyl (C=O) groups excluding carboxylic acids is 1. The Hall–Kier alpha value is -1.95. The van der Waals surface area contributed by atoms with E-state index in [2.05, 4.69) is 5.32 Å². The number of amides is 1. The molecule has 2 saturated heterocycles. The van der Waals surface area contributed by atoms with Crippen LogP contribution in [0.2, 0.25) is 0 Å². The van der Waals surface area contributed by atoms with Crippen LogP contribution in [0.1, 0.15) is 35.2 Å². The van der Waals surface area contributed by atoms with Crippen LogP contribution in [0.15, 0.2) is 18.2 Å². The second-order valence-electron chi connectivity index (χ2n) is 5.94. The number of likely N-dealkylation sites (tertiary alicyclic amines) is 1. The van der Waals surface area contributed by atoms with E-state index in [9.17, 15) is 14.9 Å². The fourth-order valence-electron chi connectivity index (χ4n) is 3.30. The summed E-state index contributed by atoms with van der Waals surface area (Å²) in [6.45, 7) is 3.15. The molecule has 2 fully saturated rings. The maximum Gasteiger partial charge on any atom is 0.272 e. The lowest BCUT2D eigenvalue weighted by Gasteiger charge is -2.24. The highest BCUT2D eigenvalue weighted by atomic mass is 16.6. The standard InChI is InChI=1S/C15H19N3O3/c1-10-8-11(2-5-14(10)18(20)21)15(19)17-7-6-12-3-4-13(9-17)16-12/h2,5,8,12-13,16H,3-4,6-7,9H2,1H3. The lowest BCUT2D eigenvalue weighted by atomic mass is 10.1. The van der Waals surface area contributed by atoms with Crippen LogP contribution >= 0.6 is 0 Å². The van der Waals surface area contributed by atoms with Crippen LogP contribution in [0.3, 0.4) is 0 Å². The third-order valence-electron chi connectivity index (χ3n) is 4.45. The number of nitro groups is 1. The highest BCUT2D eigenvalue weighted by Gasteiger charge is 2.31. The molecule has 21 heavy (non-hydrogen) atoms. The quantitative estimate of drug-likeness (QED) is 0.666. The number of carbonyl (C=O) groups is 1. The molecule has 2 aliphatic heterocycles. The van der Waals surface area contributed by atoms with Crippen molar-refractivity contribution in [3.05, 3.63) is 39.4 Å². The van der Waals surface area contributed by atoms with E-state index in [0.29, 0.717) is 23.2 Å². The third kappa shape index (κ3) is 2.76. The van der Waals surface area contributed by atoms with Crippen molar-refractivity contribution in [1.82, 2.24) is 10.2 Å². The molecule has 112 valence electrons. The third-order valence-corrected chi connectivity index (χ3v) is 4.45. The molecule has 3 rings (SSSR count). The predicted octanol–water partition coefficient (Wildman–Crippen LogP) is 1.87. The average Bonchev–Trinajstić information content (AvgIpc) is 2.77. The summed E-state index contributed by atoms with van der Waals surface area (Å²) in [6.07, 6.45) is 3.30. The van der Waals surface area contributed by atoms with E-state index >= 15 is 0 Å². The van der Waals surface area contributed by atoms with Crippen LogP contribution in [-0.4, -0.2) is 40.9 Å². The van der Waals surface area contributed by atoms with Gasteiger partial charge in [-0.25, -0.2) is 0 Å². The monoisotopic (exact) mass is 289 g/mol. The Kier molecular flexibility index (Phi) is 3.63. The molecule has 2 heterocycles. The molecule has 0 aliphatic carbocycles. The normalized spacial score (nSPS) is 24.7. The van der Waals surface area contributed by atoms with Gasteiger partial charge in [0.25, 0.3) is 11.6 Å². The second kappa shape index (κ2) is 5.44. The Labute approximate surface area is 123 Å². The van der Waals surface area contributed by atoms with Crippen molar-refractivity contribution in [3.63, 3.8) is 0 Å². The molecular weight excluding hydrogens is 270 g/mol. The SMILES string of the molecule is Cc1cc(C(=O)N2CCC3CCC(C2)N3)ccc1[N+](=O)[O-]. The zero-order chi connectivity index (χ0) is 15.0. The smallest absolute Gasteiger partial charge is 0.272 e. The lowest BCUT2D eigenvalue weighted by Crippen LogP contribution is -2.39. The molecule has 0 spiro atoms. The van der Waals surface area contributed by atoms with E-state index in [4.69, 9.17) is 0 Å². The molecule has 2 unspecified atom stereocenters. The molecule has 1 aromatic carbocycles. The van der Waals surface area contributed by atoms with E-state index in [1.807, 2.05) is 4.90 Å². The van der Waals surface area contributed by atoms with Gasteiger partial charge < -0.3 is 10.2 Å². The van der Waals surface area contributed by atoms with Gasteiger partial charge in [-0.3, -0.25) is 14.9 Å². The summed E-state index contributed by atoms with van der Waals surface area (Å²) in [7, 11) is 0. The summed E-state index contributed by atoms with van der Waals surface area (Å²) in [6, 6.07) is 5.53. The minimum atomic E-state index is -0.418. The summed E-state index contributed by atoms with van der Waals surface area (Å²) in [5.74, 6) is -0.0256. The number of nitro benzene ring substituents is 1. The zero-order valence-corrected chi connectivity index (χ0v) is 12.0. The molecule has 0 radical (unpaired) electrons. The molecule has 2 atom stereocenters. The molecule has 0 aromatic heterocycles. The minimum Gasteiger partial charge on any atom is -0.337 e. The first-order valence-corrected chi connectivity index (χ1v) is 7.35. The molecule has 1 amide bonds. The summed E-state index contributed by atoms with van der Waals surface area (Å²) in [4.78, 5) is 24.9. The van der Waals surface area contributed by atoms with Crippen molar-refractivity contribution in [2.75, 3.05) is 13.1 Å². The first kappa shape index (κ1) is 14.0. The van der Waals surface area contributed by atoms with E-state index in [-0.39, 0.29) is 11.6 Å². The van der Waals surface area contributed by atoms with E-state index in [1.165, 1.54) is 12.5 Å². The Balaban J connectivity index is 1.78. The van der Waals surface area contributed by atoms with Crippen molar-refractivity contribution in [3.8, 4) is 0 Å². The van der Waals surface area contributed by atoms with Gasteiger partial charge in [-0.15, -0.1) is 0 Å². The maximum absolute atomic E-state index is 12.6. The molecular formula is C15H19N3O3. The van der Waals surface area contributed by atoms with Crippen LogP contribution in [0, 0.1) is 17.0 Å². The fraction of sp³-hybridized carbons (Fsp3) is 0.533. The van der Waals surface area contributed by atoms with Crippen LogP contribution in [0.25, 0.3) is 0 Å². The van der Waals surface area contributed by atoms with Gasteiger partial charge in [-0.05, 0) is 38.3 Å². The van der Waals surface area contributed by atoms with Gasteiger partial charge in [0.05, 0.1) is 4.92 Å². The van der Waals surface area contributed by atoms with E-state index in [1.54, 1.807) is 19.1 Å². The molecule has 2 aliphatic rings. The molecule has 1 N–H and O–H groups in total. The minimum absolute atomic E-state index is 0.0256. The summed E-state index contributed by atoms with van der Waals surface area (Å²) in [5, 5.41) is 14.4. The van der Waals surface area contributed by atoms with Crippen LogP contribution < -0.4 is 5.32 Å². The number of rotatable bonds is 2. The molecule has 1 aromatic rings. The van der Waals surface area contributed by atoms with Crippen molar-refractivity contribution >= 4 is 11.6 Å². The largest absolute Gasteiger partial charge is 0.337 e. The van der Waals surface area contributed by atoms with Gasteiger partial charge in [-0.2, -0.15) is 0 Å². The Morgan fingerprint density at radius 2 is 2.10 bits per heavy atom. The highest BCUT2D eigenvalue weighted by Crippen LogP contribution is 2.23. The van der Waals surface area contributed by atoms with Gasteiger partial charge >= 0.3 is 0 Å². The van der Waals surface area contributed by atoms with Crippen LogP contribution in [-0.2, 0) is 0 Å². The Bertz CT molecular complexity index is 588. The number of aryl methyl sites for hydroxylation is 1. The van der Waals surface area contributed by atoms with Gasteiger partial charge in [0.1, 0.15) is 0 Å². The second-order valence-corrected chi connectivity index (χ2v) is 5.94. The number of fused-ring (bicyclic) bond motifs is 2. The van der Waals surface area contributed by atoms with Crippen molar-refractivity contribution < 1.29 is 9.72 Å². The van der Waals surface area contributed by atoms with Gasteiger partial charge in [0.2, 0.25) is 0 Å². The maximum atomic E-state index is 12.6. The van der Waals surface area contributed by atoms with Crippen LogP contribution in [0.4, 0.5) is 5.69 Å². The van der Waals surface area contributed by atoms with Crippen molar-refractivity contribution in [2.24, 2.45) is 0 Å². The number of nitrogens with one attached hydrogen (secondary N) is 1. The number of nitrogens with zero attached hydrogens (tertiary/aromatic N) is 2. The molecule has 6 heteroatoms. The summed E-state index contributed by atoms with van der Waals surface area (Å²) >= 11 is 0. The van der Waals surface area contributed by atoms with E-state index < -0.39 is 4.92 Å². The topological polar surface area (TPSA) is 75.5 Å². The van der Waals surface area contributed by atoms with Gasteiger partial charge in [0, 0.05) is 42.4 Å².